The van der Waals surface area contributed by atoms with Crippen molar-refractivity contribution in [1.29, 1.82) is 0 Å². The van der Waals surface area contributed by atoms with Crippen molar-refractivity contribution in [2.45, 2.75) is 39.3 Å². The minimum Gasteiger partial charge on any atom is -0.489 e. The van der Waals surface area contributed by atoms with Gasteiger partial charge in [-0.1, -0.05) is 57.2 Å². The molecule has 3 aromatic carbocycles. The van der Waals surface area contributed by atoms with E-state index in [4.69, 9.17) is 4.74 Å². The minimum atomic E-state index is -0.259. The number of carbonyl (C=O) groups is 1. The van der Waals surface area contributed by atoms with Crippen LogP contribution >= 0.6 is 0 Å². The van der Waals surface area contributed by atoms with Gasteiger partial charge in [0.25, 0.3) is 5.91 Å². The summed E-state index contributed by atoms with van der Waals surface area (Å²) in [5, 5.41) is 2.94. The molecule has 1 N–H and O–H groups in total. The highest BCUT2D eigenvalue weighted by Crippen LogP contribution is 2.22. The molecule has 0 saturated carbocycles. The highest BCUT2D eigenvalue weighted by atomic mass is 19.1. The number of hydrogen-bond acceptors (Lipinski definition) is 2. The molecule has 0 aliphatic heterocycles. The van der Waals surface area contributed by atoms with Gasteiger partial charge in [0, 0.05) is 12.1 Å². The van der Waals surface area contributed by atoms with Gasteiger partial charge in [-0.05, 0) is 58.5 Å². The fourth-order valence-electron chi connectivity index (χ4n) is 2.86. The number of rotatable bonds is 6. The van der Waals surface area contributed by atoms with Gasteiger partial charge in [0.15, 0.2) is 0 Å². The maximum atomic E-state index is 12.9. The Morgan fingerprint density at radius 2 is 1.45 bits per heavy atom. The summed E-state index contributed by atoms with van der Waals surface area (Å²) in [5.74, 6) is 0.370. The van der Waals surface area contributed by atoms with Crippen LogP contribution in [0.1, 0.15) is 47.8 Å². The highest BCUT2D eigenvalue weighted by Gasteiger charge is 2.14. The summed E-state index contributed by atoms with van der Waals surface area (Å²) in [5.41, 5.74) is 3.80. The van der Waals surface area contributed by atoms with Crippen molar-refractivity contribution >= 4 is 5.91 Å². The quantitative estimate of drug-likeness (QED) is 0.591. The fourth-order valence-corrected chi connectivity index (χ4v) is 2.86. The van der Waals surface area contributed by atoms with Crippen molar-refractivity contribution in [1.82, 2.24) is 5.32 Å². The van der Waals surface area contributed by atoms with Crippen LogP contribution in [0.4, 0.5) is 4.39 Å². The number of carbonyl (C=O) groups excluding carboxylic acids is 1. The van der Waals surface area contributed by atoms with Crippen LogP contribution in [-0.4, -0.2) is 5.91 Å². The molecule has 0 radical (unpaired) electrons. The summed E-state index contributed by atoms with van der Waals surface area (Å²) in [7, 11) is 0. The average molecular weight is 391 g/mol. The molecular weight excluding hydrogens is 365 g/mol. The van der Waals surface area contributed by atoms with Crippen LogP contribution in [0.15, 0.2) is 72.8 Å². The smallest absolute Gasteiger partial charge is 0.251 e. The minimum absolute atomic E-state index is 0.0650. The van der Waals surface area contributed by atoms with Gasteiger partial charge in [-0.2, -0.15) is 0 Å². The van der Waals surface area contributed by atoms with E-state index in [1.807, 2.05) is 48.5 Å². The summed E-state index contributed by atoms with van der Waals surface area (Å²) in [6, 6.07) is 21.5. The van der Waals surface area contributed by atoms with E-state index in [2.05, 4.69) is 26.1 Å². The normalized spacial score (nSPS) is 11.2. The van der Waals surface area contributed by atoms with Gasteiger partial charge in [0.2, 0.25) is 0 Å². The van der Waals surface area contributed by atoms with E-state index in [0.717, 1.165) is 16.9 Å². The molecule has 3 aromatic rings. The van der Waals surface area contributed by atoms with E-state index in [0.29, 0.717) is 18.7 Å². The van der Waals surface area contributed by atoms with Gasteiger partial charge in [-0.3, -0.25) is 4.79 Å². The topological polar surface area (TPSA) is 38.3 Å². The van der Waals surface area contributed by atoms with Gasteiger partial charge < -0.3 is 10.1 Å². The van der Waals surface area contributed by atoms with Gasteiger partial charge >= 0.3 is 0 Å². The van der Waals surface area contributed by atoms with E-state index in [1.54, 1.807) is 12.1 Å². The van der Waals surface area contributed by atoms with Crippen LogP contribution in [-0.2, 0) is 18.6 Å². The number of ether oxygens (including phenoxy) is 1. The molecule has 0 unspecified atom stereocenters. The van der Waals surface area contributed by atoms with Crippen LogP contribution in [0, 0.1) is 5.82 Å². The Morgan fingerprint density at radius 3 is 2.03 bits per heavy atom. The summed E-state index contributed by atoms with van der Waals surface area (Å²) < 4.78 is 18.6. The Balaban J connectivity index is 1.50. The number of nitrogens with one attached hydrogen (secondary N) is 1. The Kier molecular flexibility index (Phi) is 6.32. The predicted octanol–water partition coefficient (Wildman–Crippen LogP) is 5.63. The molecule has 0 heterocycles. The number of halogens is 1. The van der Waals surface area contributed by atoms with E-state index in [-0.39, 0.29) is 17.1 Å². The van der Waals surface area contributed by atoms with E-state index >= 15 is 0 Å². The monoisotopic (exact) mass is 391 g/mol. The summed E-state index contributed by atoms with van der Waals surface area (Å²) >= 11 is 0. The second-order valence-electron chi connectivity index (χ2n) is 8.07. The van der Waals surface area contributed by atoms with E-state index < -0.39 is 0 Å². The van der Waals surface area contributed by atoms with Crippen LogP contribution < -0.4 is 10.1 Å². The molecule has 0 saturated heterocycles. The Bertz CT molecular complexity index is 940. The first-order chi connectivity index (χ1) is 13.8. The van der Waals surface area contributed by atoms with Crippen molar-refractivity contribution in [2.75, 3.05) is 0 Å². The Hall–Kier alpha value is -3.14. The first kappa shape index (κ1) is 20.6. The maximum Gasteiger partial charge on any atom is 0.251 e. The molecule has 3 nitrogen and oxygen atoms in total. The third-order valence-electron chi connectivity index (χ3n) is 4.71. The molecule has 0 aliphatic rings. The largest absolute Gasteiger partial charge is 0.489 e. The molecule has 0 spiro atoms. The van der Waals surface area contributed by atoms with E-state index in [9.17, 15) is 9.18 Å². The lowest BCUT2D eigenvalue weighted by atomic mass is 9.87. The van der Waals surface area contributed by atoms with Gasteiger partial charge in [-0.25, -0.2) is 4.39 Å². The SMILES string of the molecule is CC(C)(C)c1ccc(C(=O)NCc2ccc(OCc3ccc(F)cc3)cc2)cc1. The lowest BCUT2D eigenvalue weighted by Crippen LogP contribution is -2.23. The van der Waals surface area contributed by atoms with Crippen LogP contribution in [0.5, 0.6) is 5.75 Å². The number of benzene rings is 3. The van der Waals surface area contributed by atoms with Crippen LogP contribution in [0.25, 0.3) is 0 Å². The lowest BCUT2D eigenvalue weighted by Gasteiger charge is -2.19. The molecule has 1 amide bonds. The third-order valence-corrected chi connectivity index (χ3v) is 4.71. The molecule has 3 rings (SSSR count). The van der Waals surface area contributed by atoms with Crippen molar-refractivity contribution in [3.63, 3.8) is 0 Å². The second kappa shape index (κ2) is 8.91. The molecular formula is C25H26FNO2. The molecule has 0 aliphatic carbocycles. The molecule has 4 heteroatoms. The third kappa shape index (κ3) is 5.92. The van der Waals surface area contributed by atoms with Crippen molar-refractivity contribution in [3.05, 3.63) is 101 Å². The average Bonchev–Trinajstić information content (AvgIpc) is 2.72. The van der Waals surface area contributed by atoms with Gasteiger partial charge in [0.05, 0.1) is 0 Å². The summed E-state index contributed by atoms with van der Waals surface area (Å²) in [4.78, 5) is 12.4. The van der Waals surface area contributed by atoms with E-state index in [1.165, 1.54) is 17.7 Å². The molecule has 0 aromatic heterocycles. The first-order valence-corrected chi connectivity index (χ1v) is 9.66. The predicted molar refractivity (Wildman–Crippen MR) is 113 cm³/mol. The zero-order valence-corrected chi connectivity index (χ0v) is 17.0. The molecule has 0 bridgehead atoms. The lowest BCUT2D eigenvalue weighted by molar-refractivity contribution is 0.0951. The Morgan fingerprint density at radius 1 is 0.862 bits per heavy atom. The fraction of sp³-hybridized carbons (Fsp3) is 0.240. The molecule has 29 heavy (non-hydrogen) atoms. The maximum absolute atomic E-state index is 12.9. The molecule has 150 valence electrons. The van der Waals surface area contributed by atoms with Crippen molar-refractivity contribution in [3.8, 4) is 5.75 Å². The zero-order valence-electron chi connectivity index (χ0n) is 17.0. The molecule has 0 atom stereocenters. The molecule has 0 fully saturated rings. The number of amides is 1. The number of hydrogen-bond donors (Lipinski definition) is 1. The highest BCUT2D eigenvalue weighted by molar-refractivity contribution is 5.94. The van der Waals surface area contributed by atoms with Gasteiger partial charge in [0.1, 0.15) is 18.2 Å². The summed E-state index contributed by atoms with van der Waals surface area (Å²) in [6.07, 6.45) is 0. The van der Waals surface area contributed by atoms with Crippen LogP contribution in [0.2, 0.25) is 0 Å². The van der Waals surface area contributed by atoms with Crippen LogP contribution in [0.3, 0.4) is 0 Å². The van der Waals surface area contributed by atoms with Crippen molar-refractivity contribution < 1.29 is 13.9 Å². The second-order valence-corrected chi connectivity index (χ2v) is 8.07. The summed E-state index contributed by atoms with van der Waals surface area (Å²) in [6.45, 7) is 7.26. The van der Waals surface area contributed by atoms with Crippen molar-refractivity contribution in [2.24, 2.45) is 0 Å². The van der Waals surface area contributed by atoms with Gasteiger partial charge in [-0.15, -0.1) is 0 Å². The Labute approximate surface area is 171 Å². The first-order valence-electron chi connectivity index (χ1n) is 9.66. The standard InChI is InChI=1S/C25H26FNO2/c1-25(2,3)21-10-8-20(9-11-21)24(28)27-16-18-6-14-23(15-7-18)29-17-19-4-12-22(26)13-5-19/h4-15H,16-17H2,1-3H3,(H,27,28). The zero-order chi connectivity index (χ0) is 20.9.